The van der Waals surface area contributed by atoms with E-state index in [1.807, 2.05) is 0 Å². The summed E-state index contributed by atoms with van der Waals surface area (Å²) in [7, 11) is 0. The molecule has 2 nitrogen and oxygen atoms in total. The highest BCUT2D eigenvalue weighted by Crippen LogP contribution is 2.28. The molecule has 114 valence electrons. The van der Waals surface area contributed by atoms with Crippen LogP contribution in [0.5, 0.6) is 0 Å². The smallest absolute Gasteiger partial charge is 0.0107 e. The van der Waals surface area contributed by atoms with E-state index in [2.05, 4.69) is 51.8 Å². The number of rotatable bonds is 6. The SMILES string of the molecule is CC(C)(C)CC(CC(C)(C)C)NCCN1CCCC1. The Morgan fingerprint density at radius 2 is 1.37 bits per heavy atom. The van der Waals surface area contributed by atoms with Crippen molar-refractivity contribution >= 4 is 0 Å². The molecule has 1 N–H and O–H groups in total. The average molecular weight is 268 g/mol. The standard InChI is InChI=1S/C17H36N2/c1-16(2,3)13-15(14-17(4,5)6)18-9-12-19-10-7-8-11-19/h15,18H,7-14H2,1-6H3. The molecule has 0 saturated carbocycles. The van der Waals surface area contributed by atoms with Crippen molar-refractivity contribution in [2.24, 2.45) is 10.8 Å². The van der Waals surface area contributed by atoms with Gasteiger partial charge in [-0.15, -0.1) is 0 Å². The van der Waals surface area contributed by atoms with Crippen molar-refractivity contribution in [2.75, 3.05) is 26.2 Å². The molecule has 1 rings (SSSR count). The van der Waals surface area contributed by atoms with Gasteiger partial charge in [0, 0.05) is 19.1 Å². The highest BCUT2D eigenvalue weighted by atomic mass is 15.2. The highest BCUT2D eigenvalue weighted by molar-refractivity contribution is 4.80. The van der Waals surface area contributed by atoms with Gasteiger partial charge in [-0.25, -0.2) is 0 Å². The average Bonchev–Trinajstić information content (AvgIpc) is 2.64. The summed E-state index contributed by atoms with van der Waals surface area (Å²) in [6.45, 7) is 19.1. The normalized spacial score (nSPS) is 18.5. The van der Waals surface area contributed by atoms with Crippen LogP contribution in [0.3, 0.4) is 0 Å². The molecule has 0 aromatic rings. The molecule has 1 heterocycles. The van der Waals surface area contributed by atoms with Crippen LogP contribution >= 0.6 is 0 Å². The molecule has 0 unspecified atom stereocenters. The molecule has 2 heteroatoms. The van der Waals surface area contributed by atoms with Crippen molar-refractivity contribution in [3.63, 3.8) is 0 Å². The molecule has 0 spiro atoms. The molecule has 1 fully saturated rings. The fraction of sp³-hybridized carbons (Fsp3) is 1.00. The Morgan fingerprint density at radius 1 is 0.895 bits per heavy atom. The summed E-state index contributed by atoms with van der Waals surface area (Å²) in [5.41, 5.74) is 0.827. The van der Waals surface area contributed by atoms with Crippen LogP contribution in [0, 0.1) is 10.8 Å². The predicted octanol–water partition coefficient (Wildman–Crippen LogP) is 3.91. The monoisotopic (exact) mass is 268 g/mol. The molecule has 0 bridgehead atoms. The van der Waals surface area contributed by atoms with Crippen molar-refractivity contribution in [1.82, 2.24) is 10.2 Å². The fourth-order valence-electron chi connectivity index (χ4n) is 3.13. The van der Waals surface area contributed by atoms with Crippen molar-refractivity contribution < 1.29 is 0 Å². The van der Waals surface area contributed by atoms with Gasteiger partial charge in [-0.05, 0) is 49.6 Å². The van der Waals surface area contributed by atoms with E-state index in [9.17, 15) is 0 Å². The first-order valence-electron chi connectivity index (χ1n) is 8.11. The second-order valence-electron chi connectivity index (χ2n) is 8.73. The van der Waals surface area contributed by atoms with Gasteiger partial charge in [-0.2, -0.15) is 0 Å². The predicted molar refractivity (Wildman–Crippen MR) is 85.6 cm³/mol. The van der Waals surface area contributed by atoms with Crippen molar-refractivity contribution in [3.05, 3.63) is 0 Å². The van der Waals surface area contributed by atoms with E-state index in [1.165, 1.54) is 45.3 Å². The molecular weight excluding hydrogens is 232 g/mol. The van der Waals surface area contributed by atoms with E-state index in [4.69, 9.17) is 0 Å². The second-order valence-corrected chi connectivity index (χ2v) is 8.73. The largest absolute Gasteiger partial charge is 0.313 e. The lowest BCUT2D eigenvalue weighted by molar-refractivity contribution is 0.231. The summed E-state index contributed by atoms with van der Waals surface area (Å²) >= 11 is 0. The van der Waals surface area contributed by atoms with Crippen LogP contribution in [0.1, 0.15) is 67.2 Å². The zero-order chi connectivity index (χ0) is 14.5. The van der Waals surface area contributed by atoms with E-state index in [1.54, 1.807) is 0 Å². The van der Waals surface area contributed by atoms with Gasteiger partial charge in [0.25, 0.3) is 0 Å². The topological polar surface area (TPSA) is 15.3 Å². The van der Waals surface area contributed by atoms with E-state index < -0.39 is 0 Å². The van der Waals surface area contributed by atoms with Gasteiger partial charge in [0.2, 0.25) is 0 Å². The molecule has 0 atom stereocenters. The first-order chi connectivity index (χ1) is 8.66. The zero-order valence-corrected chi connectivity index (χ0v) is 14.2. The van der Waals surface area contributed by atoms with Crippen LogP contribution in [0.2, 0.25) is 0 Å². The summed E-state index contributed by atoms with van der Waals surface area (Å²) in [5, 5.41) is 3.82. The summed E-state index contributed by atoms with van der Waals surface area (Å²) in [6.07, 6.45) is 5.33. The Bertz CT molecular complexity index is 225. The fourth-order valence-corrected chi connectivity index (χ4v) is 3.13. The van der Waals surface area contributed by atoms with Crippen LogP contribution in [0.15, 0.2) is 0 Å². The Kier molecular flexibility index (Phi) is 6.32. The van der Waals surface area contributed by atoms with Crippen LogP contribution in [0.4, 0.5) is 0 Å². The molecule has 0 aromatic carbocycles. The Labute approximate surface area is 121 Å². The maximum atomic E-state index is 3.82. The van der Waals surface area contributed by atoms with Gasteiger partial charge < -0.3 is 10.2 Å². The first-order valence-corrected chi connectivity index (χ1v) is 8.11. The summed E-state index contributed by atoms with van der Waals surface area (Å²) < 4.78 is 0. The van der Waals surface area contributed by atoms with Crippen LogP contribution < -0.4 is 5.32 Å². The zero-order valence-electron chi connectivity index (χ0n) is 14.2. The van der Waals surface area contributed by atoms with Crippen molar-refractivity contribution in [2.45, 2.75) is 73.3 Å². The third-order valence-corrected chi connectivity index (χ3v) is 3.78. The molecule has 0 radical (unpaired) electrons. The maximum Gasteiger partial charge on any atom is 0.0107 e. The van der Waals surface area contributed by atoms with Gasteiger partial charge in [0.1, 0.15) is 0 Å². The van der Waals surface area contributed by atoms with E-state index in [0.29, 0.717) is 16.9 Å². The molecule has 0 aromatic heterocycles. The third kappa shape index (κ3) is 8.65. The second kappa shape index (κ2) is 7.08. The Balaban J connectivity index is 2.35. The lowest BCUT2D eigenvalue weighted by Gasteiger charge is -2.32. The van der Waals surface area contributed by atoms with Crippen LogP contribution in [-0.2, 0) is 0 Å². The molecular formula is C17H36N2. The minimum absolute atomic E-state index is 0.413. The highest BCUT2D eigenvalue weighted by Gasteiger charge is 2.23. The lowest BCUT2D eigenvalue weighted by Crippen LogP contribution is -2.40. The maximum absolute atomic E-state index is 3.82. The number of nitrogens with zero attached hydrogens (tertiary/aromatic N) is 1. The van der Waals surface area contributed by atoms with Crippen molar-refractivity contribution in [3.8, 4) is 0 Å². The Morgan fingerprint density at radius 3 is 1.79 bits per heavy atom. The number of hydrogen-bond acceptors (Lipinski definition) is 2. The van der Waals surface area contributed by atoms with Crippen LogP contribution in [0.25, 0.3) is 0 Å². The quantitative estimate of drug-likeness (QED) is 0.785. The lowest BCUT2D eigenvalue weighted by atomic mass is 9.80. The minimum atomic E-state index is 0.413. The van der Waals surface area contributed by atoms with Crippen LogP contribution in [-0.4, -0.2) is 37.1 Å². The number of nitrogens with one attached hydrogen (secondary N) is 1. The van der Waals surface area contributed by atoms with Crippen molar-refractivity contribution in [1.29, 1.82) is 0 Å². The van der Waals surface area contributed by atoms with Gasteiger partial charge in [-0.3, -0.25) is 0 Å². The molecule has 1 saturated heterocycles. The van der Waals surface area contributed by atoms with Gasteiger partial charge in [0.05, 0.1) is 0 Å². The van der Waals surface area contributed by atoms with E-state index in [-0.39, 0.29) is 0 Å². The molecule has 0 aliphatic carbocycles. The number of likely N-dealkylation sites (tertiary alicyclic amines) is 1. The van der Waals surface area contributed by atoms with Gasteiger partial charge in [0.15, 0.2) is 0 Å². The molecule has 1 aliphatic rings. The summed E-state index contributed by atoms with van der Waals surface area (Å²) in [5.74, 6) is 0. The van der Waals surface area contributed by atoms with Gasteiger partial charge in [-0.1, -0.05) is 41.5 Å². The summed E-state index contributed by atoms with van der Waals surface area (Å²) in [4.78, 5) is 2.60. The Hall–Kier alpha value is -0.0800. The van der Waals surface area contributed by atoms with E-state index in [0.717, 1.165) is 6.54 Å². The van der Waals surface area contributed by atoms with E-state index >= 15 is 0 Å². The minimum Gasteiger partial charge on any atom is -0.313 e. The van der Waals surface area contributed by atoms with Gasteiger partial charge >= 0.3 is 0 Å². The first kappa shape index (κ1) is 17.0. The third-order valence-electron chi connectivity index (χ3n) is 3.78. The number of hydrogen-bond donors (Lipinski definition) is 1. The summed E-state index contributed by atoms with van der Waals surface area (Å²) in [6, 6.07) is 0.655. The molecule has 19 heavy (non-hydrogen) atoms. The molecule has 1 aliphatic heterocycles. The molecule has 0 amide bonds.